The quantitative estimate of drug-likeness (QED) is 0.879. The van der Waals surface area contributed by atoms with Gasteiger partial charge in [-0.3, -0.25) is 4.98 Å². The number of aliphatic carboxylic acids is 1. The van der Waals surface area contributed by atoms with E-state index in [0.29, 0.717) is 5.56 Å². The van der Waals surface area contributed by atoms with Gasteiger partial charge in [0.15, 0.2) is 6.04 Å². The lowest BCUT2D eigenvalue weighted by Gasteiger charge is -2.14. The van der Waals surface area contributed by atoms with Crippen LogP contribution in [0.3, 0.4) is 0 Å². The van der Waals surface area contributed by atoms with Crippen molar-refractivity contribution in [1.29, 1.82) is 0 Å². The van der Waals surface area contributed by atoms with E-state index < -0.39 is 18.1 Å². The molecule has 1 heterocycles. The van der Waals surface area contributed by atoms with Crippen LogP contribution < -0.4 is 5.32 Å². The van der Waals surface area contributed by atoms with Gasteiger partial charge in [-0.05, 0) is 11.6 Å². The lowest BCUT2D eigenvalue weighted by Crippen LogP contribution is -2.34. The summed E-state index contributed by atoms with van der Waals surface area (Å²) in [4.78, 5) is 26.7. The van der Waals surface area contributed by atoms with E-state index in [1.54, 1.807) is 12.1 Å². The van der Waals surface area contributed by atoms with E-state index in [1.165, 1.54) is 12.4 Å². The van der Waals surface area contributed by atoms with Crippen molar-refractivity contribution in [2.75, 3.05) is 0 Å². The van der Waals surface area contributed by atoms with Gasteiger partial charge in [0, 0.05) is 18.0 Å². The molecule has 0 aliphatic heterocycles. The van der Waals surface area contributed by atoms with Crippen molar-refractivity contribution in [3.63, 3.8) is 0 Å². The standard InChI is InChI=1S/C15H14N2O4/c18-14(19)13(12-7-4-8-16-9-12)17-15(20)21-10-11-5-2-1-3-6-11/h1-9,13H,10H2,(H,17,20)(H,18,19)/t13-/m1/s1. The molecular formula is C15H14N2O4. The molecule has 6 heteroatoms. The van der Waals surface area contributed by atoms with Crippen LogP contribution in [0.5, 0.6) is 0 Å². The number of ether oxygens (including phenoxy) is 1. The van der Waals surface area contributed by atoms with E-state index in [-0.39, 0.29) is 6.61 Å². The third kappa shape index (κ3) is 4.31. The molecule has 0 spiro atoms. The van der Waals surface area contributed by atoms with Crippen molar-refractivity contribution in [2.24, 2.45) is 0 Å². The molecule has 21 heavy (non-hydrogen) atoms. The highest BCUT2D eigenvalue weighted by molar-refractivity contribution is 5.81. The number of benzene rings is 1. The Balaban J connectivity index is 1.95. The maximum atomic E-state index is 11.7. The smallest absolute Gasteiger partial charge is 0.408 e. The first-order chi connectivity index (χ1) is 10.2. The van der Waals surface area contributed by atoms with E-state index in [4.69, 9.17) is 9.84 Å². The number of hydrogen-bond donors (Lipinski definition) is 2. The van der Waals surface area contributed by atoms with Crippen LogP contribution in [0.25, 0.3) is 0 Å². The maximum absolute atomic E-state index is 11.7. The van der Waals surface area contributed by atoms with Gasteiger partial charge in [0.1, 0.15) is 6.61 Å². The lowest BCUT2D eigenvalue weighted by atomic mass is 10.1. The van der Waals surface area contributed by atoms with Gasteiger partial charge in [0.2, 0.25) is 0 Å². The second-order valence-electron chi connectivity index (χ2n) is 4.26. The summed E-state index contributed by atoms with van der Waals surface area (Å²) in [6.07, 6.45) is 2.11. The lowest BCUT2D eigenvalue weighted by molar-refractivity contribution is -0.139. The molecule has 0 saturated heterocycles. The first kappa shape index (κ1) is 14.5. The molecule has 108 valence electrons. The monoisotopic (exact) mass is 286 g/mol. The summed E-state index contributed by atoms with van der Waals surface area (Å²) in [5.74, 6) is -1.18. The molecule has 2 N–H and O–H groups in total. The molecule has 0 fully saturated rings. The number of carboxylic acids is 1. The molecular weight excluding hydrogens is 272 g/mol. The number of hydrogen-bond acceptors (Lipinski definition) is 4. The average molecular weight is 286 g/mol. The summed E-state index contributed by atoms with van der Waals surface area (Å²) in [6, 6.07) is 11.1. The fraction of sp³-hybridized carbons (Fsp3) is 0.133. The molecule has 0 unspecified atom stereocenters. The summed E-state index contributed by atoms with van der Waals surface area (Å²) in [6.45, 7) is 0.0754. The summed E-state index contributed by atoms with van der Waals surface area (Å²) in [5.41, 5.74) is 1.20. The molecule has 0 aliphatic rings. The molecule has 2 aromatic rings. The van der Waals surface area contributed by atoms with Crippen LogP contribution in [0.1, 0.15) is 17.2 Å². The second kappa shape index (κ2) is 7.04. The highest BCUT2D eigenvalue weighted by atomic mass is 16.5. The Bertz CT molecular complexity index is 602. The number of alkyl carbamates (subject to hydrolysis) is 1. The predicted octanol–water partition coefficient (Wildman–Crippen LogP) is 2.13. The van der Waals surface area contributed by atoms with Gasteiger partial charge in [-0.15, -0.1) is 0 Å². The van der Waals surface area contributed by atoms with Gasteiger partial charge >= 0.3 is 12.1 Å². The van der Waals surface area contributed by atoms with Gasteiger partial charge in [-0.1, -0.05) is 36.4 Å². The van der Waals surface area contributed by atoms with Gasteiger partial charge in [0.25, 0.3) is 0 Å². The van der Waals surface area contributed by atoms with Gasteiger partial charge in [-0.25, -0.2) is 9.59 Å². The second-order valence-corrected chi connectivity index (χ2v) is 4.26. The number of rotatable bonds is 5. The van der Waals surface area contributed by atoms with E-state index >= 15 is 0 Å². The Kier molecular flexibility index (Phi) is 4.87. The third-order valence-electron chi connectivity index (χ3n) is 2.74. The highest BCUT2D eigenvalue weighted by Gasteiger charge is 2.22. The molecule has 1 aromatic carbocycles. The largest absolute Gasteiger partial charge is 0.479 e. The van der Waals surface area contributed by atoms with E-state index in [0.717, 1.165) is 5.56 Å². The molecule has 2 rings (SSSR count). The zero-order valence-electron chi connectivity index (χ0n) is 11.1. The van der Waals surface area contributed by atoms with Gasteiger partial charge in [-0.2, -0.15) is 0 Å². The zero-order valence-corrected chi connectivity index (χ0v) is 11.1. The molecule has 0 saturated carbocycles. The molecule has 6 nitrogen and oxygen atoms in total. The topological polar surface area (TPSA) is 88.5 Å². The minimum atomic E-state index is -1.19. The Morgan fingerprint density at radius 2 is 1.95 bits per heavy atom. The van der Waals surface area contributed by atoms with Gasteiger partial charge in [0.05, 0.1) is 0 Å². The summed E-state index contributed by atoms with van der Waals surface area (Å²) < 4.78 is 5.00. The maximum Gasteiger partial charge on any atom is 0.408 e. The molecule has 1 amide bonds. The van der Waals surface area contributed by atoms with Crippen LogP contribution in [0, 0.1) is 0 Å². The van der Waals surface area contributed by atoms with Crippen molar-refractivity contribution in [3.8, 4) is 0 Å². The number of nitrogens with zero attached hydrogens (tertiary/aromatic N) is 1. The van der Waals surface area contributed by atoms with Crippen LogP contribution in [-0.4, -0.2) is 22.2 Å². The number of pyridine rings is 1. The Morgan fingerprint density at radius 3 is 2.57 bits per heavy atom. The Morgan fingerprint density at radius 1 is 1.19 bits per heavy atom. The molecule has 0 bridgehead atoms. The number of carbonyl (C=O) groups excluding carboxylic acids is 1. The van der Waals surface area contributed by atoms with Crippen molar-refractivity contribution < 1.29 is 19.4 Å². The highest BCUT2D eigenvalue weighted by Crippen LogP contribution is 2.12. The number of carboxylic acid groups (broad SMARTS) is 1. The predicted molar refractivity (Wildman–Crippen MR) is 74.4 cm³/mol. The average Bonchev–Trinajstić information content (AvgIpc) is 2.52. The van der Waals surface area contributed by atoms with E-state index in [2.05, 4.69) is 10.3 Å². The number of nitrogens with one attached hydrogen (secondary N) is 1. The minimum absolute atomic E-state index is 0.0754. The van der Waals surface area contributed by atoms with E-state index in [9.17, 15) is 9.59 Å². The molecule has 0 radical (unpaired) electrons. The zero-order chi connectivity index (χ0) is 15.1. The van der Waals surface area contributed by atoms with Crippen LogP contribution in [0.15, 0.2) is 54.9 Å². The minimum Gasteiger partial charge on any atom is -0.479 e. The number of aromatic nitrogens is 1. The van der Waals surface area contributed by atoms with Crippen LogP contribution in [0.4, 0.5) is 4.79 Å². The third-order valence-corrected chi connectivity index (χ3v) is 2.74. The molecule has 1 atom stereocenters. The van der Waals surface area contributed by atoms with Crippen molar-refractivity contribution in [3.05, 3.63) is 66.0 Å². The van der Waals surface area contributed by atoms with Gasteiger partial charge < -0.3 is 15.2 Å². The molecule has 0 aliphatic carbocycles. The van der Waals surface area contributed by atoms with Crippen molar-refractivity contribution in [1.82, 2.24) is 10.3 Å². The Labute approximate surface area is 121 Å². The summed E-state index contributed by atoms with van der Waals surface area (Å²) in [7, 11) is 0. The van der Waals surface area contributed by atoms with Crippen molar-refractivity contribution in [2.45, 2.75) is 12.6 Å². The summed E-state index contributed by atoms with van der Waals surface area (Å²) >= 11 is 0. The molecule has 1 aromatic heterocycles. The Hall–Kier alpha value is -2.89. The van der Waals surface area contributed by atoms with Crippen molar-refractivity contribution >= 4 is 12.1 Å². The number of carbonyl (C=O) groups is 2. The number of amides is 1. The van der Waals surface area contributed by atoms with Crippen LogP contribution in [-0.2, 0) is 16.1 Å². The first-order valence-corrected chi connectivity index (χ1v) is 6.27. The normalized spacial score (nSPS) is 11.4. The van der Waals surface area contributed by atoms with Crippen LogP contribution in [0.2, 0.25) is 0 Å². The fourth-order valence-corrected chi connectivity index (χ4v) is 1.72. The fourth-order valence-electron chi connectivity index (χ4n) is 1.72. The van der Waals surface area contributed by atoms with Crippen LogP contribution >= 0.6 is 0 Å². The first-order valence-electron chi connectivity index (χ1n) is 6.27. The summed E-state index contributed by atoms with van der Waals surface area (Å²) in [5, 5.41) is 11.5. The van der Waals surface area contributed by atoms with E-state index in [1.807, 2.05) is 30.3 Å². The SMILES string of the molecule is O=C(N[C@@H](C(=O)O)c1cccnc1)OCc1ccccc1.